The summed E-state index contributed by atoms with van der Waals surface area (Å²) in [6.07, 6.45) is 4.61. The summed E-state index contributed by atoms with van der Waals surface area (Å²) >= 11 is 0. The van der Waals surface area contributed by atoms with Gasteiger partial charge in [0.15, 0.2) is 0 Å². The van der Waals surface area contributed by atoms with Crippen LogP contribution in [0.25, 0.3) is 0 Å². The molecule has 1 aromatic rings. The Bertz CT molecular complexity index is 657. The van der Waals surface area contributed by atoms with Crippen molar-refractivity contribution in [2.45, 2.75) is 46.0 Å². The maximum absolute atomic E-state index is 12.8. The standard InChI is InChI=1S/C21H32N4O2/c1-15(17-8-10-22-11-9-17)13-20(26)25-12-4-6-18(14-25)21(27)24-19-7-3-5-16(2)23-19/h3,5,7,15,17-18,22H,4,6,8-14H2,1-2H3,(H,23,24,27). The molecule has 0 bridgehead atoms. The average Bonchev–Trinajstić information content (AvgIpc) is 2.68. The van der Waals surface area contributed by atoms with E-state index in [0.29, 0.717) is 30.6 Å². The van der Waals surface area contributed by atoms with Crippen molar-refractivity contribution < 1.29 is 9.59 Å². The van der Waals surface area contributed by atoms with Crippen LogP contribution < -0.4 is 10.6 Å². The first-order valence-corrected chi connectivity index (χ1v) is 10.3. The zero-order chi connectivity index (χ0) is 19.2. The van der Waals surface area contributed by atoms with Crippen LogP contribution in [0.4, 0.5) is 5.82 Å². The largest absolute Gasteiger partial charge is 0.342 e. The van der Waals surface area contributed by atoms with Gasteiger partial charge in [-0.25, -0.2) is 4.98 Å². The summed E-state index contributed by atoms with van der Waals surface area (Å²) in [5.41, 5.74) is 0.875. The summed E-state index contributed by atoms with van der Waals surface area (Å²) < 4.78 is 0. The summed E-state index contributed by atoms with van der Waals surface area (Å²) in [7, 11) is 0. The van der Waals surface area contributed by atoms with Gasteiger partial charge in [-0.2, -0.15) is 0 Å². The molecule has 1 aromatic heterocycles. The first-order valence-electron chi connectivity index (χ1n) is 10.3. The van der Waals surface area contributed by atoms with Gasteiger partial charge in [0, 0.05) is 25.2 Å². The molecule has 0 aliphatic carbocycles. The smallest absolute Gasteiger partial charge is 0.230 e. The molecule has 0 aromatic carbocycles. The molecule has 2 aliphatic heterocycles. The molecule has 2 saturated heterocycles. The van der Waals surface area contributed by atoms with Crippen LogP contribution in [0.5, 0.6) is 0 Å². The van der Waals surface area contributed by atoms with Crippen molar-refractivity contribution in [3.63, 3.8) is 0 Å². The van der Waals surface area contributed by atoms with E-state index in [2.05, 4.69) is 22.5 Å². The van der Waals surface area contributed by atoms with Crippen LogP contribution in [0.2, 0.25) is 0 Å². The highest BCUT2D eigenvalue weighted by molar-refractivity contribution is 5.92. The van der Waals surface area contributed by atoms with Crippen LogP contribution in [-0.2, 0) is 9.59 Å². The number of aryl methyl sites for hydroxylation is 1. The highest BCUT2D eigenvalue weighted by Crippen LogP contribution is 2.26. The number of likely N-dealkylation sites (tertiary alicyclic amines) is 1. The van der Waals surface area contributed by atoms with Crippen LogP contribution >= 0.6 is 0 Å². The second-order valence-corrected chi connectivity index (χ2v) is 8.10. The molecule has 2 atom stereocenters. The van der Waals surface area contributed by atoms with E-state index in [0.717, 1.165) is 51.0 Å². The van der Waals surface area contributed by atoms with E-state index in [-0.39, 0.29) is 17.7 Å². The molecule has 2 N–H and O–H groups in total. The maximum Gasteiger partial charge on any atom is 0.230 e. The van der Waals surface area contributed by atoms with Crippen molar-refractivity contribution in [2.24, 2.45) is 17.8 Å². The number of hydrogen-bond donors (Lipinski definition) is 2. The summed E-state index contributed by atoms with van der Waals surface area (Å²) in [6.45, 7) is 7.51. The zero-order valence-electron chi connectivity index (χ0n) is 16.5. The Labute approximate surface area is 162 Å². The maximum atomic E-state index is 12.8. The van der Waals surface area contributed by atoms with Gasteiger partial charge < -0.3 is 15.5 Å². The second kappa shape index (κ2) is 9.31. The molecule has 0 saturated carbocycles. The fourth-order valence-electron chi connectivity index (χ4n) is 4.24. The van der Waals surface area contributed by atoms with Gasteiger partial charge >= 0.3 is 0 Å². The topological polar surface area (TPSA) is 74.3 Å². The van der Waals surface area contributed by atoms with Crippen molar-refractivity contribution in [2.75, 3.05) is 31.5 Å². The molecule has 3 rings (SSSR count). The average molecular weight is 373 g/mol. The molecule has 27 heavy (non-hydrogen) atoms. The third kappa shape index (κ3) is 5.51. The predicted molar refractivity (Wildman–Crippen MR) is 106 cm³/mol. The van der Waals surface area contributed by atoms with Crippen LogP contribution in [0.15, 0.2) is 18.2 Å². The minimum absolute atomic E-state index is 0.0306. The molecular formula is C21H32N4O2. The van der Waals surface area contributed by atoms with Gasteiger partial charge in [-0.3, -0.25) is 9.59 Å². The van der Waals surface area contributed by atoms with Crippen molar-refractivity contribution in [1.29, 1.82) is 0 Å². The van der Waals surface area contributed by atoms with Crippen molar-refractivity contribution >= 4 is 17.6 Å². The Morgan fingerprint density at radius 2 is 2.07 bits per heavy atom. The number of nitrogens with one attached hydrogen (secondary N) is 2. The quantitative estimate of drug-likeness (QED) is 0.833. The van der Waals surface area contributed by atoms with Crippen molar-refractivity contribution in [1.82, 2.24) is 15.2 Å². The summed E-state index contributed by atoms with van der Waals surface area (Å²) in [5.74, 6) is 1.64. The number of rotatable bonds is 5. The SMILES string of the molecule is Cc1cccc(NC(=O)C2CCCN(C(=O)CC(C)C3CCNCC3)C2)n1. The predicted octanol–water partition coefficient (Wildman–Crippen LogP) is 2.59. The van der Waals surface area contributed by atoms with E-state index in [1.54, 1.807) is 6.07 Å². The molecule has 0 spiro atoms. The number of amides is 2. The number of nitrogens with zero attached hydrogens (tertiary/aromatic N) is 2. The number of piperidine rings is 2. The van der Waals surface area contributed by atoms with E-state index >= 15 is 0 Å². The molecule has 0 radical (unpaired) electrons. The zero-order valence-corrected chi connectivity index (χ0v) is 16.5. The Morgan fingerprint density at radius 3 is 2.81 bits per heavy atom. The van der Waals surface area contributed by atoms with Crippen LogP contribution in [0, 0.1) is 24.7 Å². The Morgan fingerprint density at radius 1 is 1.30 bits per heavy atom. The van der Waals surface area contributed by atoms with Gasteiger partial charge in [-0.15, -0.1) is 0 Å². The number of carbonyl (C=O) groups excluding carboxylic acids is 2. The van der Waals surface area contributed by atoms with E-state index in [9.17, 15) is 9.59 Å². The fraction of sp³-hybridized carbons (Fsp3) is 0.667. The van der Waals surface area contributed by atoms with Gasteiger partial charge in [-0.05, 0) is 69.7 Å². The van der Waals surface area contributed by atoms with Gasteiger partial charge in [0.1, 0.15) is 5.82 Å². The van der Waals surface area contributed by atoms with Crippen LogP contribution in [-0.4, -0.2) is 47.9 Å². The lowest BCUT2D eigenvalue weighted by molar-refractivity contribution is -0.135. The molecule has 2 aliphatic rings. The molecule has 6 nitrogen and oxygen atoms in total. The molecule has 148 valence electrons. The third-order valence-corrected chi connectivity index (χ3v) is 5.97. The molecule has 2 amide bonds. The normalized spacial score (nSPS) is 22.3. The first kappa shape index (κ1) is 19.8. The molecule has 2 fully saturated rings. The molecule has 3 heterocycles. The number of carbonyl (C=O) groups is 2. The summed E-state index contributed by atoms with van der Waals surface area (Å²) in [5, 5.41) is 6.29. The van der Waals surface area contributed by atoms with E-state index in [1.165, 1.54) is 0 Å². The number of aromatic nitrogens is 1. The lowest BCUT2D eigenvalue weighted by atomic mass is 9.83. The Kier molecular flexibility index (Phi) is 6.83. The van der Waals surface area contributed by atoms with Gasteiger partial charge in [0.25, 0.3) is 0 Å². The molecule has 2 unspecified atom stereocenters. The summed E-state index contributed by atoms with van der Waals surface area (Å²) in [6, 6.07) is 5.59. The first-order chi connectivity index (χ1) is 13.0. The Hall–Kier alpha value is -1.95. The van der Waals surface area contributed by atoms with Crippen molar-refractivity contribution in [3.8, 4) is 0 Å². The van der Waals surface area contributed by atoms with E-state index in [1.807, 2.05) is 24.0 Å². The van der Waals surface area contributed by atoms with Gasteiger partial charge in [0.2, 0.25) is 11.8 Å². The molecule has 6 heteroatoms. The Balaban J connectivity index is 1.51. The van der Waals surface area contributed by atoms with Crippen LogP contribution in [0.3, 0.4) is 0 Å². The van der Waals surface area contributed by atoms with E-state index < -0.39 is 0 Å². The lowest BCUT2D eigenvalue weighted by Crippen LogP contribution is -2.44. The highest BCUT2D eigenvalue weighted by Gasteiger charge is 2.30. The minimum atomic E-state index is -0.154. The fourth-order valence-corrected chi connectivity index (χ4v) is 4.24. The number of hydrogen-bond acceptors (Lipinski definition) is 4. The van der Waals surface area contributed by atoms with E-state index in [4.69, 9.17) is 0 Å². The second-order valence-electron chi connectivity index (χ2n) is 8.10. The van der Waals surface area contributed by atoms with Crippen LogP contribution in [0.1, 0.15) is 44.7 Å². The lowest BCUT2D eigenvalue weighted by Gasteiger charge is -2.34. The minimum Gasteiger partial charge on any atom is -0.342 e. The monoisotopic (exact) mass is 372 g/mol. The van der Waals surface area contributed by atoms with Crippen molar-refractivity contribution in [3.05, 3.63) is 23.9 Å². The highest BCUT2D eigenvalue weighted by atomic mass is 16.2. The number of anilines is 1. The number of pyridine rings is 1. The van der Waals surface area contributed by atoms with Gasteiger partial charge in [-0.1, -0.05) is 13.0 Å². The van der Waals surface area contributed by atoms with Gasteiger partial charge in [0.05, 0.1) is 5.92 Å². The summed E-state index contributed by atoms with van der Waals surface area (Å²) in [4.78, 5) is 31.6. The molecular weight excluding hydrogens is 340 g/mol. The third-order valence-electron chi connectivity index (χ3n) is 5.97.